The van der Waals surface area contributed by atoms with Crippen LogP contribution < -0.4 is 4.90 Å². The van der Waals surface area contributed by atoms with E-state index < -0.39 is 0 Å². The van der Waals surface area contributed by atoms with E-state index in [1.54, 1.807) is 6.26 Å². The van der Waals surface area contributed by atoms with Crippen molar-refractivity contribution in [2.75, 3.05) is 18.0 Å². The second-order valence-corrected chi connectivity index (χ2v) is 4.22. The van der Waals surface area contributed by atoms with Gasteiger partial charge in [-0.2, -0.15) is 0 Å². The van der Waals surface area contributed by atoms with Crippen molar-refractivity contribution in [3.05, 3.63) is 41.6 Å². The highest BCUT2D eigenvalue weighted by Gasteiger charge is 2.09. The average molecular weight is 250 g/mol. The lowest BCUT2D eigenvalue weighted by atomic mass is 10.1. The number of furan rings is 1. The second-order valence-electron chi connectivity index (χ2n) is 3.82. The number of hydrogen-bond acceptors (Lipinski definition) is 2. The van der Waals surface area contributed by atoms with Crippen LogP contribution in [-0.4, -0.2) is 13.1 Å². The van der Waals surface area contributed by atoms with Gasteiger partial charge in [-0.15, -0.1) is 0 Å². The maximum atomic E-state index is 6.32. The monoisotopic (exact) mass is 249 g/mol. The first-order valence-corrected chi connectivity index (χ1v) is 6.22. The molecule has 17 heavy (non-hydrogen) atoms. The highest BCUT2D eigenvalue weighted by Crippen LogP contribution is 2.31. The van der Waals surface area contributed by atoms with Gasteiger partial charge in [-0.3, -0.25) is 0 Å². The zero-order valence-electron chi connectivity index (χ0n) is 10.1. The first-order valence-electron chi connectivity index (χ1n) is 5.84. The summed E-state index contributed by atoms with van der Waals surface area (Å²) in [7, 11) is 0. The van der Waals surface area contributed by atoms with Crippen molar-refractivity contribution in [1.29, 1.82) is 0 Å². The Bertz CT molecular complexity index is 475. The van der Waals surface area contributed by atoms with Gasteiger partial charge in [-0.1, -0.05) is 11.6 Å². The molecule has 0 aliphatic rings. The van der Waals surface area contributed by atoms with Gasteiger partial charge in [0.2, 0.25) is 0 Å². The smallest absolute Gasteiger partial charge is 0.133 e. The summed E-state index contributed by atoms with van der Waals surface area (Å²) in [5.41, 5.74) is 2.09. The minimum Gasteiger partial charge on any atom is -0.464 e. The third-order valence-electron chi connectivity index (χ3n) is 2.86. The summed E-state index contributed by atoms with van der Waals surface area (Å²) in [6.45, 7) is 6.16. The lowest BCUT2D eigenvalue weighted by Crippen LogP contribution is -2.22. The van der Waals surface area contributed by atoms with Crippen molar-refractivity contribution in [3.63, 3.8) is 0 Å². The van der Waals surface area contributed by atoms with Crippen LogP contribution in [-0.2, 0) is 0 Å². The van der Waals surface area contributed by atoms with Crippen molar-refractivity contribution >= 4 is 17.3 Å². The Morgan fingerprint density at radius 2 is 1.94 bits per heavy atom. The fraction of sp³-hybridized carbons (Fsp3) is 0.286. The molecule has 2 rings (SSSR count). The first kappa shape index (κ1) is 12.1. The molecule has 0 N–H and O–H groups in total. The number of benzene rings is 1. The molecule has 1 aromatic heterocycles. The largest absolute Gasteiger partial charge is 0.464 e. The summed E-state index contributed by atoms with van der Waals surface area (Å²) in [4.78, 5) is 2.23. The van der Waals surface area contributed by atoms with E-state index in [1.165, 1.54) is 0 Å². The van der Waals surface area contributed by atoms with Gasteiger partial charge in [-0.25, -0.2) is 0 Å². The van der Waals surface area contributed by atoms with Gasteiger partial charge in [-0.05, 0) is 44.2 Å². The molecule has 0 unspecified atom stereocenters. The van der Waals surface area contributed by atoms with E-state index >= 15 is 0 Å². The molecule has 0 fully saturated rings. The summed E-state index contributed by atoms with van der Waals surface area (Å²) in [5, 5.41) is 0.766. The molecule has 0 aliphatic carbocycles. The van der Waals surface area contributed by atoms with Crippen LogP contribution in [0.3, 0.4) is 0 Å². The zero-order chi connectivity index (χ0) is 12.3. The first-order chi connectivity index (χ1) is 8.26. The number of nitrogens with zero attached hydrogens (tertiary/aromatic N) is 1. The van der Waals surface area contributed by atoms with Crippen LogP contribution in [0.4, 0.5) is 5.69 Å². The number of hydrogen-bond donors (Lipinski definition) is 0. The minimum atomic E-state index is 0.766. The number of halogens is 1. The summed E-state index contributed by atoms with van der Waals surface area (Å²) >= 11 is 6.32. The van der Waals surface area contributed by atoms with Crippen LogP contribution in [0.5, 0.6) is 0 Å². The second kappa shape index (κ2) is 5.28. The van der Waals surface area contributed by atoms with E-state index in [0.29, 0.717) is 0 Å². The van der Waals surface area contributed by atoms with Crippen LogP contribution in [0, 0.1) is 0 Å². The average Bonchev–Trinajstić information content (AvgIpc) is 2.86. The Balaban J connectivity index is 2.35. The molecule has 90 valence electrons. The van der Waals surface area contributed by atoms with E-state index in [1.807, 2.05) is 30.3 Å². The van der Waals surface area contributed by atoms with Gasteiger partial charge in [0.15, 0.2) is 0 Å². The van der Waals surface area contributed by atoms with Gasteiger partial charge in [0.25, 0.3) is 0 Å². The maximum absolute atomic E-state index is 6.32. The molecule has 0 saturated heterocycles. The topological polar surface area (TPSA) is 16.4 Å². The molecule has 0 amide bonds. The third kappa shape index (κ3) is 2.47. The Hall–Kier alpha value is -1.41. The molecular formula is C14H16ClNO. The number of anilines is 1. The van der Waals surface area contributed by atoms with Crippen LogP contribution in [0.15, 0.2) is 41.0 Å². The van der Waals surface area contributed by atoms with E-state index in [2.05, 4.69) is 18.7 Å². The highest BCUT2D eigenvalue weighted by atomic mass is 35.5. The maximum Gasteiger partial charge on any atom is 0.133 e. The van der Waals surface area contributed by atoms with Gasteiger partial charge in [0, 0.05) is 18.7 Å². The zero-order valence-corrected chi connectivity index (χ0v) is 10.9. The lowest BCUT2D eigenvalue weighted by molar-refractivity contribution is 0.582. The summed E-state index contributed by atoms with van der Waals surface area (Å²) in [6.07, 6.45) is 1.67. The van der Waals surface area contributed by atoms with Gasteiger partial charge in [0.1, 0.15) is 5.76 Å². The van der Waals surface area contributed by atoms with Crippen molar-refractivity contribution in [2.45, 2.75) is 13.8 Å². The van der Waals surface area contributed by atoms with E-state index in [0.717, 1.165) is 35.1 Å². The normalized spacial score (nSPS) is 10.5. The Kier molecular flexibility index (Phi) is 3.75. The molecule has 0 radical (unpaired) electrons. The third-order valence-corrected chi connectivity index (χ3v) is 3.16. The fourth-order valence-electron chi connectivity index (χ4n) is 1.92. The molecule has 1 aromatic carbocycles. The van der Waals surface area contributed by atoms with Crippen molar-refractivity contribution < 1.29 is 4.42 Å². The standard InChI is InChI=1S/C14H16ClNO/c1-3-16(4-2)13-8-7-11(10-12(13)15)14-6-5-9-17-14/h5-10H,3-4H2,1-2H3. The molecule has 0 bridgehead atoms. The summed E-state index contributed by atoms with van der Waals surface area (Å²) in [5.74, 6) is 0.845. The fourth-order valence-corrected chi connectivity index (χ4v) is 2.22. The molecular weight excluding hydrogens is 234 g/mol. The van der Waals surface area contributed by atoms with Crippen molar-refractivity contribution in [1.82, 2.24) is 0 Å². The Labute approximate surface area is 107 Å². The van der Waals surface area contributed by atoms with Crippen molar-refractivity contribution in [3.8, 4) is 11.3 Å². The quantitative estimate of drug-likeness (QED) is 0.796. The van der Waals surface area contributed by atoms with E-state index in [-0.39, 0.29) is 0 Å². The molecule has 1 heterocycles. The Morgan fingerprint density at radius 3 is 2.47 bits per heavy atom. The highest BCUT2D eigenvalue weighted by molar-refractivity contribution is 6.33. The van der Waals surface area contributed by atoms with Gasteiger partial charge in [0.05, 0.1) is 17.0 Å². The van der Waals surface area contributed by atoms with Gasteiger partial charge < -0.3 is 9.32 Å². The van der Waals surface area contributed by atoms with E-state index in [4.69, 9.17) is 16.0 Å². The molecule has 2 aromatic rings. The Morgan fingerprint density at radius 1 is 1.18 bits per heavy atom. The summed E-state index contributed by atoms with van der Waals surface area (Å²) in [6, 6.07) is 9.85. The van der Waals surface area contributed by atoms with Crippen LogP contribution in [0.25, 0.3) is 11.3 Å². The lowest BCUT2D eigenvalue weighted by Gasteiger charge is -2.22. The number of rotatable bonds is 4. The predicted octanol–water partition coefficient (Wildman–Crippen LogP) is 4.45. The summed E-state index contributed by atoms with van der Waals surface area (Å²) < 4.78 is 5.36. The SMILES string of the molecule is CCN(CC)c1ccc(-c2ccco2)cc1Cl. The predicted molar refractivity (Wildman–Crippen MR) is 72.7 cm³/mol. The van der Waals surface area contributed by atoms with Crippen LogP contribution >= 0.6 is 11.6 Å². The van der Waals surface area contributed by atoms with Gasteiger partial charge >= 0.3 is 0 Å². The molecule has 0 atom stereocenters. The molecule has 3 heteroatoms. The molecule has 0 saturated carbocycles. The van der Waals surface area contributed by atoms with Crippen LogP contribution in [0.2, 0.25) is 5.02 Å². The molecule has 0 aliphatic heterocycles. The molecule has 0 spiro atoms. The van der Waals surface area contributed by atoms with Crippen molar-refractivity contribution in [2.24, 2.45) is 0 Å². The molecule has 2 nitrogen and oxygen atoms in total. The van der Waals surface area contributed by atoms with E-state index in [9.17, 15) is 0 Å². The minimum absolute atomic E-state index is 0.766. The van der Waals surface area contributed by atoms with Crippen LogP contribution in [0.1, 0.15) is 13.8 Å².